The molecule has 0 fully saturated rings. The summed E-state index contributed by atoms with van der Waals surface area (Å²) >= 11 is 0. The highest BCUT2D eigenvalue weighted by atomic mass is 32.2. The molecule has 1 heterocycles. The van der Waals surface area contributed by atoms with E-state index >= 15 is 0 Å². The highest BCUT2D eigenvalue weighted by molar-refractivity contribution is 7.86. The van der Waals surface area contributed by atoms with Crippen LogP contribution < -0.4 is 0 Å². The molecule has 0 bridgehead atoms. The molecule has 0 amide bonds. The Hall–Kier alpha value is -2.17. The summed E-state index contributed by atoms with van der Waals surface area (Å²) in [7, 11) is -1.95. The number of carbonyl (C=O) groups is 1. The summed E-state index contributed by atoms with van der Waals surface area (Å²) in [6.45, 7) is 5.98. The van der Waals surface area contributed by atoms with E-state index in [-0.39, 0.29) is 6.42 Å². The minimum atomic E-state index is -2.34. The SMILES string of the molecule is CC.CCC#Cc1ccc(C2=NOC(CC(O)(C(=O)O)S(C)=O)C2)cc1. The summed E-state index contributed by atoms with van der Waals surface area (Å²) in [5.74, 6) is 4.49. The predicted octanol–water partition coefficient (Wildman–Crippen LogP) is 2.51. The fourth-order valence-electron chi connectivity index (χ4n) is 2.28. The molecule has 142 valence electrons. The third kappa shape index (κ3) is 5.41. The number of carboxylic acid groups (broad SMARTS) is 1. The summed E-state index contributed by atoms with van der Waals surface area (Å²) in [5.41, 5.74) is 2.40. The zero-order valence-electron chi connectivity index (χ0n) is 15.5. The van der Waals surface area contributed by atoms with Crippen molar-refractivity contribution in [3.8, 4) is 11.8 Å². The molecule has 1 aliphatic rings. The molecule has 3 atom stereocenters. The van der Waals surface area contributed by atoms with Crippen LogP contribution in [-0.2, 0) is 20.4 Å². The van der Waals surface area contributed by atoms with E-state index in [0.717, 1.165) is 23.8 Å². The molecule has 0 saturated carbocycles. The Morgan fingerprint density at radius 2 is 2.00 bits per heavy atom. The van der Waals surface area contributed by atoms with Crippen molar-refractivity contribution in [2.24, 2.45) is 5.16 Å². The van der Waals surface area contributed by atoms with Gasteiger partial charge in [-0.05, 0) is 17.7 Å². The first kappa shape index (κ1) is 21.9. The highest BCUT2D eigenvalue weighted by Gasteiger charge is 2.44. The van der Waals surface area contributed by atoms with Crippen LogP contribution in [0, 0.1) is 11.8 Å². The minimum absolute atomic E-state index is 0.293. The van der Waals surface area contributed by atoms with Gasteiger partial charge in [-0.3, -0.25) is 4.21 Å². The standard InChI is InChI=1S/C17H19NO5S.C2H6/c1-3-4-5-12-6-8-13(9-7-12)15-10-14(23-18-15)11-17(21,16(19)20)24(2)22;1-2/h6-9,14,21H,3,10-11H2,1-2H3,(H,19,20);1-2H3. The first-order valence-electron chi connectivity index (χ1n) is 8.48. The second-order valence-corrected chi connectivity index (χ2v) is 7.03. The monoisotopic (exact) mass is 379 g/mol. The zero-order chi connectivity index (χ0) is 19.7. The van der Waals surface area contributed by atoms with Crippen LogP contribution in [0.25, 0.3) is 0 Å². The molecule has 26 heavy (non-hydrogen) atoms. The van der Waals surface area contributed by atoms with Crippen LogP contribution in [0.4, 0.5) is 0 Å². The number of aliphatic hydroxyl groups is 1. The third-order valence-corrected chi connectivity index (χ3v) is 4.97. The summed E-state index contributed by atoms with van der Waals surface area (Å²) in [4.78, 5) is 14.1. The predicted molar refractivity (Wildman–Crippen MR) is 102 cm³/mol. The Bertz CT molecular complexity index is 717. The number of oxime groups is 1. The van der Waals surface area contributed by atoms with Crippen LogP contribution in [0.1, 0.15) is 51.2 Å². The summed E-state index contributed by atoms with van der Waals surface area (Å²) in [6.07, 6.45) is 1.35. The second kappa shape index (κ2) is 10.1. The first-order chi connectivity index (χ1) is 12.4. The number of nitrogens with zero attached hydrogens (tertiary/aromatic N) is 1. The van der Waals surface area contributed by atoms with Crippen molar-refractivity contribution < 1.29 is 24.1 Å². The van der Waals surface area contributed by atoms with Gasteiger partial charge in [0.25, 0.3) is 0 Å². The molecule has 0 aromatic heterocycles. The van der Waals surface area contributed by atoms with E-state index in [1.54, 1.807) is 0 Å². The van der Waals surface area contributed by atoms with Gasteiger partial charge in [-0.2, -0.15) is 0 Å². The molecular weight excluding hydrogens is 354 g/mol. The fraction of sp³-hybridized carbons (Fsp3) is 0.474. The van der Waals surface area contributed by atoms with Crippen LogP contribution in [0.5, 0.6) is 0 Å². The smallest absolute Gasteiger partial charge is 0.349 e. The van der Waals surface area contributed by atoms with E-state index < -0.39 is 27.8 Å². The van der Waals surface area contributed by atoms with Crippen molar-refractivity contribution in [2.45, 2.75) is 51.1 Å². The van der Waals surface area contributed by atoms with Gasteiger partial charge in [0, 0.05) is 31.1 Å². The van der Waals surface area contributed by atoms with Crippen LogP contribution in [0.3, 0.4) is 0 Å². The van der Waals surface area contributed by atoms with Crippen LogP contribution in [0.2, 0.25) is 0 Å². The van der Waals surface area contributed by atoms with Gasteiger partial charge in [-0.1, -0.05) is 49.9 Å². The molecule has 1 aromatic rings. The van der Waals surface area contributed by atoms with E-state index in [4.69, 9.17) is 9.94 Å². The van der Waals surface area contributed by atoms with E-state index in [1.807, 2.05) is 45.0 Å². The third-order valence-electron chi connectivity index (χ3n) is 3.67. The number of aliphatic carboxylic acids is 1. The topological polar surface area (TPSA) is 96.2 Å². The normalized spacial score (nSPS) is 18.8. The molecule has 2 N–H and O–H groups in total. The van der Waals surface area contributed by atoms with Crippen LogP contribution in [0.15, 0.2) is 29.4 Å². The van der Waals surface area contributed by atoms with Gasteiger partial charge >= 0.3 is 5.97 Å². The van der Waals surface area contributed by atoms with Gasteiger partial charge in [0.15, 0.2) is 0 Å². The molecular formula is C19H25NO5S. The molecule has 1 aromatic carbocycles. The lowest BCUT2D eigenvalue weighted by molar-refractivity contribution is -0.152. The van der Waals surface area contributed by atoms with E-state index in [1.165, 1.54) is 0 Å². The van der Waals surface area contributed by atoms with Gasteiger partial charge in [-0.15, -0.1) is 0 Å². The van der Waals surface area contributed by atoms with Crippen molar-refractivity contribution in [2.75, 3.05) is 6.26 Å². The maximum atomic E-state index is 11.5. The Kier molecular flexibility index (Phi) is 8.49. The Balaban J connectivity index is 0.00000163. The molecule has 0 radical (unpaired) electrons. The average Bonchev–Trinajstić information content (AvgIpc) is 3.10. The van der Waals surface area contributed by atoms with Gasteiger partial charge in [-0.25, -0.2) is 4.79 Å². The lowest BCUT2D eigenvalue weighted by Gasteiger charge is -2.22. The zero-order valence-corrected chi connectivity index (χ0v) is 16.3. The minimum Gasteiger partial charge on any atom is -0.478 e. The molecule has 0 spiro atoms. The van der Waals surface area contributed by atoms with Crippen molar-refractivity contribution in [3.05, 3.63) is 35.4 Å². The summed E-state index contributed by atoms with van der Waals surface area (Å²) < 4.78 is 11.5. The molecule has 7 heteroatoms. The molecule has 1 aliphatic heterocycles. The maximum absolute atomic E-state index is 11.5. The van der Waals surface area contributed by atoms with E-state index in [0.29, 0.717) is 12.1 Å². The molecule has 3 unspecified atom stereocenters. The number of carboxylic acids is 1. The number of hydrogen-bond acceptors (Lipinski definition) is 5. The van der Waals surface area contributed by atoms with Gasteiger partial charge in [0.1, 0.15) is 6.10 Å². The van der Waals surface area contributed by atoms with E-state index in [2.05, 4.69) is 17.0 Å². The quantitative estimate of drug-likeness (QED) is 0.767. The van der Waals surface area contributed by atoms with Crippen LogP contribution >= 0.6 is 0 Å². The average molecular weight is 379 g/mol. The summed E-state index contributed by atoms with van der Waals surface area (Å²) in [6, 6.07) is 7.49. The Labute approximate surface area is 156 Å². The highest BCUT2D eigenvalue weighted by Crippen LogP contribution is 2.26. The maximum Gasteiger partial charge on any atom is 0.349 e. The molecule has 6 nitrogen and oxygen atoms in total. The Morgan fingerprint density at radius 3 is 2.50 bits per heavy atom. The molecule has 2 rings (SSSR count). The molecule has 0 aliphatic carbocycles. The van der Waals surface area contributed by atoms with Crippen molar-refractivity contribution in [1.82, 2.24) is 0 Å². The summed E-state index contributed by atoms with van der Waals surface area (Å²) in [5, 5.41) is 23.1. The van der Waals surface area contributed by atoms with Crippen molar-refractivity contribution >= 4 is 22.5 Å². The number of benzene rings is 1. The fourth-order valence-corrected chi connectivity index (χ4v) is 2.95. The number of rotatable bonds is 5. The molecule has 0 saturated heterocycles. The lowest BCUT2D eigenvalue weighted by atomic mass is 10.0. The largest absolute Gasteiger partial charge is 0.478 e. The Morgan fingerprint density at radius 1 is 1.38 bits per heavy atom. The van der Waals surface area contributed by atoms with Gasteiger partial charge < -0.3 is 15.1 Å². The van der Waals surface area contributed by atoms with Gasteiger partial charge in [0.05, 0.1) is 16.5 Å². The van der Waals surface area contributed by atoms with Crippen LogP contribution in [-0.4, -0.2) is 43.4 Å². The van der Waals surface area contributed by atoms with Crippen molar-refractivity contribution in [3.63, 3.8) is 0 Å². The van der Waals surface area contributed by atoms with Crippen molar-refractivity contribution in [1.29, 1.82) is 0 Å². The van der Waals surface area contributed by atoms with E-state index in [9.17, 15) is 14.1 Å². The first-order valence-corrected chi connectivity index (χ1v) is 10.0. The number of hydrogen-bond donors (Lipinski definition) is 2. The van der Waals surface area contributed by atoms with Gasteiger partial charge in [0.2, 0.25) is 4.93 Å². The second-order valence-electron chi connectivity index (χ2n) is 5.45. The lowest BCUT2D eigenvalue weighted by Crippen LogP contribution is -2.45.